The van der Waals surface area contributed by atoms with Gasteiger partial charge in [0.1, 0.15) is 11.5 Å². The van der Waals surface area contributed by atoms with Gasteiger partial charge in [-0.05, 0) is 60.9 Å². The van der Waals surface area contributed by atoms with E-state index in [4.69, 9.17) is 4.98 Å². The Labute approximate surface area is 228 Å². The summed E-state index contributed by atoms with van der Waals surface area (Å²) in [6.07, 6.45) is 7.54. The number of aromatic nitrogens is 6. The maximum atomic E-state index is 14.1. The van der Waals surface area contributed by atoms with E-state index < -0.39 is 0 Å². The van der Waals surface area contributed by atoms with Crippen LogP contribution in [0.15, 0.2) is 48.5 Å². The molecule has 200 valence electrons. The van der Waals surface area contributed by atoms with Crippen LogP contribution in [0.4, 0.5) is 0 Å². The Hall–Kier alpha value is -3.85. The zero-order valence-corrected chi connectivity index (χ0v) is 22.6. The first-order chi connectivity index (χ1) is 19.1. The Morgan fingerprint density at radius 1 is 1.05 bits per heavy atom. The second kappa shape index (κ2) is 9.41. The molecule has 2 aromatic carbocycles. The minimum absolute atomic E-state index is 0.0586. The summed E-state index contributed by atoms with van der Waals surface area (Å²) in [4.78, 5) is 19.2. The average molecular weight is 523 g/mol. The predicted molar refractivity (Wildman–Crippen MR) is 147 cm³/mol. The molecule has 4 aromatic rings. The van der Waals surface area contributed by atoms with Gasteiger partial charge in [0, 0.05) is 30.1 Å². The number of aryl methyl sites for hydroxylation is 1. The molecule has 1 saturated carbocycles. The number of fused-ring (bicyclic) bond motifs is 3. The Kier molecular flexibility index (Phi) is 5.84. The maximum Gasteiger partial charge on any atom is 0.287 e. The molecule has 5 heterocycles. The normalized spacial score (nSPS) is 22.3. The van der Waals surface area contributed by atoms with Crippen LogP contribution in [-0.2, 0) is 19.5 Å². The summed E-state index contributed by atoms with van der Waals surface area (Å²) in [5.41, 5.74) is 6.02. The second-order valence-corrected chi connectivity index (χ2v) is 11.4. The zero-order valence-electron chi connectivity index (χ0n) is 22.6. The van der Waals surface area contributed by atoms with Gasteiger partial charge < -0.3 is 4.57 Å². The molecule has 3 fully saturated rings. The van der Waals surface area contributed by atoms with Gasteiger partial charge in [-0.25, -0.2) is 9.99 Å². The van der Waals surface area contributed by atoms with E-state index >= 15 is 0 Å². The van der Waals surface area contributed by atoms with Crippen LogP contribution in [-0.4, -0.2) is 57.7 Å². The van der Waals surface area contributed by atoms with Gasteiger partial charge in [-0.2, -0.15) is 5.21 Å². The van der Waals surface area contributed by atoms with Crippen LogP contribution >= 0.6 is 0 Å². The largest absolute Gasteiger partial charge is 0.319 e. The number of nitrogens with zero attached hydrogens (tertiary/aromatic N) is 7. The Morgan fingerprint density at radius 2 is 1.82 bits per heavy atom. The molecule has 1 N–H and O–H groups in total. The van der Waals surface area contributed by atoms with Crippen LogP contribution in [0.1, 0.15) is 79.9 Å². The van der Waals surface area contributed by atoms with Crippen molar-refractivity contribution in [2.75, 3.05) is 0 Å². The molecule has 0 atom stereocenters. The summed E-state index contributed by atoms with van der Waals surface area (Å²) in [6, 6.07) is 17.0. The molecule has 2 saturated heterocycles. The summed E-state index contributed by atoms with van der Waals surface area (Å²) in [5.74, 6) is 1.74. The van der Waals surface area contributed by atoms with Crippen LogP contribution < -0.4 is 0 Å². The molecule has 0 spiro atoms. The summed E-state index contributed by atoms with van der Waals surface area (Å²) < 4.78 is 2.21. The monoisotopic (exact) mass is 522 g/mol. The lowest BCUT2D eigenvalue weighted by Gasteiger charge is -2.60. The molecule has 0 radical (unpaired) electrons. The van der Waals surface area contributed by atoms with E-state index in [9.17, 15) is 4.79 Å². The summed E-state index contributed by atoms with van der Waals surface area (Å²) in [7, 11) is 0. The second-order valence-electron chi connectivity index (χ2n) is 11.4. The van der Waals surface area contributed by atoms with Crippen molar-refractivity contribution in [3.8, 4) is 22.5 Å². The number of imidazole rings is 1. The van der Waals surface area contributed by atoms with E-state index in [1.54, 1.807) is 0 Å². The van der Waals surface area contributed by atoms with Crippen LogP contribution in [0.25, 0.3) is 22.5 Å². The number of aromatic amines is 1. The lowest BCUT2D eigenvalue weighted by Crippen LogP contribution is -2.69. The maximum absolute atomic E-state index is 14.1. The molecule has 39 heavy (non-hydrogen) atoms. The number of amides is 1. The lowest BCUT2D eigenvalue weighted by molar-refractivity contribution is -0.181. The molecule has 1 amide bonds. The van der Waals surface area contributed by atoms with E-state index in [1.807, 2.05) is 18.2 Å². The number of hydrazine groups is 1. The van der Waals surface area contributed by atoms with Crippen molar-refractivity contribution in [1.82, 2.24) is 40.2 Å². The third kappa shape index (κ3) is 3.98. The first-order valence-corrected chi connectivity index (χ1v) is 14.2. The fourth-order valence-corrected chi connectivity index (χ4v) is 6.75. The number of tetrazole rings is 1. The molecule has 8 rings (SSSR count). The van der Waals surface area contributed by atoms with E-state index in [2.05, 4.69) is 79.4 Å². The summed E-state index contributed by atoms with van der Waals surface area (Å²) >= 11 is 0. The average Bonchev–Trinajstić information content (AvgIpc) is 3.62. The number of carbonyl (C=O) groups is 1. The molecule has 9 nitrogen and oxygen atoms in total. The molecule has 1 aliphatic carbocycles. The molecule has 9 heteroatoms. The van der Waals surface area contributed by atoms with Gasteiger partial charge in [-0.3, -0.25) is 9.80 Å². The molecule has 4 aliphatic rings. The van der Waals surface area contributed by atoms with E-state index in [0.29, 0.717) is 18.4 Å². The zero-order chi connectivity index (χ0) is 26.6. The fourth-order valence-electron chi connectivity index (χ4n) is 6.75. The predicted octanol–water partition coefficient (Wildman–Crippen LogP) is 5.01. The molecular formula is C30H34N8O. The van der Waals surface area contributed by atoms with E-state index in [-0.39, 0.29) is 11.4 Å². The van der Waals surface area contributed by atoms with Crippen molar-refractivity contribution in [1.29, 1.82) is 0 Å². The topological polar surface area (TPSA) is 95.8 Å². The Balaban J connectivity index is 1.22. The highest BCUT2D eigenvalue weighted by atomic mass is 16.2. The fraction of sp³-hybridized carbons (Fsp3) is 0.433. The third-order valence-electron chi connectivity index (χ3n) is 8.96. The van der Waals surface area contributed by atoms with Gasteiger partial charge in [-0.1, -0.05) is 61.9 Å². The van der Waals surface area contributed by atoms with Crippen LogP contribution in [0.3, 0.4) is 0 Å². The quantitative estimate of drug-likeness (QED) is 0.367. The lowest BCUT2D eigenvalue weighted by atomic mass is 9.76. The van der Waals surface area contributed by atoms with Crippen LogP contribution in [0.5, 0.6) is 0 Å². The van der Waals surface area contributed by atoms with E-state index in [0.717, 1.165) is 91.0 Å². The van der Waals surface area contributed by atoms with E-state index in [1.165, 1.54) is 0 Å². The number of H-pyrrole nitrogens is 1. The van der Waals surface area contributed by atoms with Gasteiger partial charge >= 0.3 is 0 Å². The number of hydrogen-bond donors (Lipinski definition) is 1. The number of benzene rings is 2. The van der Waals surface area contributed by atoms with Gasteiger partial charge in [-0.15, -0.1) is 10.2 Å². The summed E-state index contributed by atoms with van der Waals surface area (Å²) in [6.45, 7) is 5.89. The standard InChI is InChI=1S/C30H34N8O/c1-3-4-9-26-31-25-19-37-30(2)16-14-22(15-17-30)38(37)29(39)27(25)36(26)18-20-10-12-21(13-11-20)23-7-5-6-8-24(23)28-32-34-35-33-28/h5-8,10-13,22H,3-4,9,14-19H2,1-2H3,(H,32,33,34,35). The molecule has 3 aliphatic heterocycles. The number of unbranched alkanes of at least 4 members (excludes halogenated alkanes) is 1. The van der Waals surface area contributed by atoms with Crippen molar-refractivity contribution in [2.45, 2.75) is 83.5 Å². The number of rotatable bonds is 7. The highest BCUT2D eigenvalue weighted by Crippen LogP contribution is 2.46. The Morgan fingerprint density at radius 3 is 2.54 bits per heavy atom. The number of hydrogen-bond acceptors (Lipinski definition) is 6. The van der Waals surface area contributed by atoms with Crippen molar-refractivity contribution < 1.29 is 4.79 Å². The first kappa shape index (κ1) is 24.2. The molecule has 2 bridgehead atoms. The van der Waals surface area contributed by atoms with Crippen molar-refractivity contribution >= 4 is 5.91 Å². The SMILES string of the molecule is CCCCc1nc2c(n1Cc1ccc(-c3ccccc3-c3nn[nH]n3)cc1)C(=O)N1C3CCC(C)(CC3)N1C2. The van der Waals surface area contributed by atoms with Gasteiger partial charge in [0.25, 0.3) is 5.91 Å². The van der Waals surface area contributed by atoms with Gasteiger partial charge in [0.05, 0.1) is 12.2 Å². The minimum atomic E-state index is 0.0586. The minimum Gasteiger partial charge on any atom is -0.319 e. The molecular weight excluding hydrogens is 488 g/mol. The number of nitrogens with one attached hydrogen (secondary N) is 1. The van der Waals surface area contributed by atoms with Crippen molar-refractivity contribution in [3.63, 3.8) is 0 Å². The van der Waals surface area contributed by atoms with Crippen molar-refractivity contribution in [2.24, 2.45) is 0 Å². The highest BCUT2D eigenvalue weighted by Gasteiger charge is 2.53. The first-order valence-electron chi connectivity index (χ1n) is 14.2. The molecule has 0 unspecified atom stereocenters. The highest BCUT2D eigenvalue weighted by molar-refractivity contribution is 5.95. The Bertz CT molecular complexity index is 1500. The van der Waals surface area contributed by atoms with Crippen molar-refractivity contribution in [3.05, 3.63) is 71.3 Å². The van der Waals surface area contributed by atoms with Gasteiger partial charge in [0.2, 0.25) is 5.82 Å². The third-order valence-corrected chi connectivity index (χ3v) is 8.96. The van der Waals surface area contributed by atoms with Crippen LogP contribution in [0, 0.1) is 0 Å². The number of carbonyl (C=O) groups excluding carboxylic acids is 1. The smallest absolute Gasteiger partial charge is 0.287 e. The van der Waals surface area contributed by atoms with Crippen LogP contribution in [0.2, 0.25) is 0 Å². The summed E-state index contributed by atoms with van der Waals surface area (Å²) in [5, 5.41) is 19.0. The molecule has 2 aromatic heterocycles. The van der Waals surface area contributed by atoms with Gasteiger partial charge in [0.15, 0.2) is 0 Å².